The lowest BCUT2D eigenvalue weighted by atomic mass is 9.90. The Kier molecular flexibility index (Phi) is 6.47. The van der Waals surface area contributed by atoms with Crippen LogP contribution in [-0.4, -0.2) is 93.6 Å². The van der Waals surface area contributed by atoms with Crippen LogP contribution in [0.5, 0.6) is 0 Å². The summed E-state index contributed by atoms with van der Waals surface area (Å²) in [6, 6.07) is 0. The van der Waals surface area contributed by atoms with Crippen LogP contribution in [0.15, 0.2) is 6.20 Å². The van der Waals surface area contributed by atoms with Gasteiger partial charge in [-0.25, -0.2) is 13.4 Å². The Balaban J connectivity index is 1.70. The first-order chi connectivity index (χ1) is 13.8. The van der Waals surface area contributed by atoms with Gasteiger partial charge < -0.3 is 10.2 Å². The van der Waals surface area contributed by atoms with Gasteiger partial charge in [0, 0.05) is 33.1 Å². The van der Waals surface area contributed by atoms with Crippen molar-refractivity contribution in [1.29, 1.82) is 0 Å². The summed E-state index contributed by atoms with van der Waals surface area (Å²) in [5, 5.41) is 3.30. The molecule has 2 aliphatic heterocycles. The van der Waals surface area contributed by atoms with Gasteiger partial charge in [-0.3, -0.25) is 9.59 Å². The summed E-state index contributed by atoms with van der Waals surface area (Å²) in [7, 11) is -4.49. The molecular formula is C15H22ClN5O6S3. The molecule has 2 atom stereocenters. The molecule has 3 heterocycles. The summed E-state index contributed by atoms with van der Waals surface area (Å²) in [5.41, 5.74) is -1.10. The third-order valence-corrected chi connectivity index (χ3v) is 9.54. The lowest BCUT2D eigenvalue weighted by Gasteiger charge is -2.29. The average Bonchev–Trinajstić information content (AvgIpc) is 3.21. The minimum absolute atomic E-state index is 0.0101. The monoisotopic (exact) mass is 499 g/mol. The Bertz CT molecular complexity index is 1060. The van der Waals surface area contributed by atoms with Gasteiger partial charge in [0.1, 0.15) is 9.34 Å². The minimum atomic E-state index is -3.77. The predicted octanol–water partition coefficient (Wildman–Crippen LogP) is -1.52. The molecule has 1 aromatic rings. The Morgan fingerprint density at radius 2 is 2.13 bits per heavy atom. The first-order valence-electron chi connectivity index (χ1n) is 8.88. The van der Waals surface area contributed by atoms with Crippen LogP contribution in [0.1, 0.15) is 5.01 Å². The molecule has 168 valence electrons. The van der Waals surface area contributed by atoms with Crippen LogP contribution in [0.3, 0.4) is 0 Å². The molecule has 0 aliphatic carbocycles. The van der Waals surface area contributed by atoms with E-state index >= 15 is 0 Å². The number of amides is 2. The number of thiazole rings is 1. The molecule has 2 amide bonds. The lowest BCUT2D eigenvalue weighted by Crippen LogP contribution is -2.56. The third kappa shape index (κ3) is 5.11. The van der Waals surface area contributed by atoms with Crippen LogP contribution in [0.25, 0.3) is 0 Å². The first-order valence-corrected chi connectivity index (χ1v) is 13.3. The zero-order valence-corrected chi connectivity index (χ0v) is 19.5. The van der Waals surface area contributed by atoms with Crippen molar-refractivity contribution < 1.29 is 26.4 Å². The van der Waals surface area contributed by atoms with Crippen molar-refractivity contribution in [2.75, 3.05) is 45.2 Å². The van der Waals surface area contributed by atoms with E-state index in [0.717, 1.165) is 15.6 Å². The van der Waals surface area contributed by atoms with E-state index in [0.29, 0.717) is 9.34 Å². The number of halogens is 1. The molecule has 0 spiro atoms. The second-order valence-corrected chi connectivity index (χ2v) is 13.4. The number of sulfone groups is 1. The fourth-order valence-electron chi connectivity index (χ4n) is 3.70. The number of aromatic nitrogens is 1. The standard InChI is InChI=1S/C15H22ClN5O6S3/c1-20(2)30(26,27)18-5-14(23)21-6-10-7-29(24,25)9-15(10,8-21)19-12(22)3-13-17-4-11(16)28-13/h4,10,18H,3,5-9H2,1-2H3,(H,19,22)/t10-,15-/m1/s1. The summed E-state index contributed by atoms with van der Waals surface area (Å²) < 4.78 is 51.6. The molecule has 15 heteroatoms. The largest absolute Gasteiger partial charge is 0.347 e. The average molecular weight is 500 g/mol. The molecule has 0 unspecified atom stereocenters. The van der Waals surface area contributed by atoms with E-state index in [4.69, 9.17) is 11.6 Å². The number of nitrogens with one attached hydrogen (secondary N) is 2. The molecule has 2 N–H and O–H groups in total. The maximum Gasteiger partial charge on any atom is 0.279 e. The highest BCUT2D eigenvalue weighted by Crippen LogP contribution is 2.37. The number of rotatable bonds is 7. The molecule has 3 rings (SSSR count). The quantitative estimate of drug-likeness (QED) is 0.463. The zero-order chi connectivity index (χ0) is 22.3. The van der Waals surface area contributed by atoms with Crippen molar-refractivity contribution in [1.82, 2.24) is 24.2 Å². The molecule has 0 radical (unpaired) electrons. The fourth-order valence-corrected chi connectivity index (χ4v) is 7.56. The Labute approximate surface area is 183 Å². The van der Waals surface area contributed by atoms with E-state index in [1.54, 1.807) is 0 Å². The smallest absolute Gasteiger partial charge is 0.279 e. The van der Waals surface area contributed by atoms with E-state index in [9.17, 15) is 26.4 Å². The van der Waals surface area contributed by atoms with Crippen molar-refractivity contribution in [2.24, 2.45) is 5.92 Å². The molecule has 2 aliphatic rings. The molecular weight excluding hydrogens is 478 g/mol. The SMILES string of the molecule is CN(C)S(=O)(=O)NCC(=O)N1C[C@@H]2CS(=O)(=O)C[C@]2(NC(=O)Cc2ncc(Cl)s2)C1. The van der Waals surface area contributed by atoms with Gasteiger partial charge in [0.2, 0.25) is 11.8 Å². The topological polar surface area (TPSA) is 146 Å². The summed E-state index contributed by atoms with van der Waals surface area (Å²) in [6.45, 7) is -0.351. The number of nitrogens with zero attached hydrogens (tertiary/aromatic N) is 3. The first kappa shape index (κ1) is 23.3. The van der Waals surface area contributed by atoms with Gasteiger partial charge in [0.15, 0.2) is 9.84 Å². The highest BCUT2D eigenvalue weighted by molar-refractivity contribution is 7.91. The number of fused-ring (bicyclic) bond motifs is 1. The third-order valence-electron chi connectivity index (χ3n) is 5.09. The molecule has 30 heavy (non-hydrogen) atoms. The molecule has 0 aromatic carbocycles. The molecule has 2 saturated heterocycles. The zero-order valence-electron chi connectivity index (χ0n) is 16.3. The van der Waals surface area contributed by atoms with E-state index in [1.807, 2.05) is 0 Å². The van der Waals surface area contributed by atoms with E-state index < -0.39 is 49.9 Å². The second kappa shape index (κ2) is 8.31. The molecule has 0 saturated carbocycles. The van der Waals surface area contributed by atoms with Crippen LogP contribution >= 0.6 is 22.9 Å². The summed E-state index contributed by atoms with van der Waals surface area (Å²) in [4.78, 5) is 30.5. The van der Waals surface area contributed by atoms with E-state index in [1.165, 1.54) is 25.2 Å². The minimum Gasteiger partial charge on any atom is -0.347 e. The maximum absolute atomic E-state index is 12.6. The normalized spacial score (nSPS) is 25.5. The summed E-state index contributed by atoms with van der Waals surface area (Å²) in [5.74, 6) is -1.80. The number of likely N-dealkylation sites (tertiary alicyclic amines) is 1. The number of hydrogen-bond acceptors (Lipinski definition) is 8. The van der Waals surface area contributed by atoms with Gasteiger partial charge in [-0.15, -0.1) is 11.3 Å². The summed E-state index contributed by atoms with van der Waals surface area (Å²) in [6.07, 6.45) is 1.38. The van der Waals surface area contributed by atoms with Gasteiger partial charge in [0.05, 0.1) is 36.2 Å². The molecule has 0 bridgehead atoms. The molecule has 2 fully saturated rings. The predicted molar refractivity (Wildman–Crippen MR) is 111 cm³/mol. The highest BCUT2D eigenvalue weighted by atomic mass is 35.5. The number of carbonyl (C=O) groups excluding carboxylic acids is 2. The van der Waals surface area contributed by atoms with Crippen LogP contribution in [0.2, 0.25) is 4.34 Å². The second-order valence-electron chi connectivity index (χ2n) is 7.57. The van der Waals surface area contributed by atoms with Gasteiger partial charge in [0.25, 0.3) is 10.2 Å². The number of carbonyl (C=O) groups is 2. The van der Waals surface area contributed by atoms with Crippen molar-refractivity contribution in [3.8, 4) is 0 Å². The van der Waals surface area contributed by atoms with Gasteiger partial charge in [-0.2, -0.15) is 17.4 Å². The van der Waals surface area contributed by atoms with Gasteiger partial charge in [-0.1, -0.05) is 11.6 Å². The van der Waals surface area contributed by atoms with Crippen molar-refractivity contribution in [2.45, 2.75) is 12.0 Å². The van der Waals surface area contributed by atoms with E-state index in [-0.39, 0.29) is 31.0 Å². The lowest BCUT2D eigenvalue weighted by molar-refractivity contribution is -0.129. The van der Waals surface area contributed by atoms with E-state index in [2.05, 4.69) is 15.0 Å². The van der Waals surface area contributed by atoms with Crippen LogP contribution in [0.4, 0.5) is 0 Å². The van der Waals surface area contributed by atoms with Crippen LogP contribution in [-0.2, 0) is 36.1 Å². The van der Waals surface area contributed by atoms with Gasteiger partial charge >= 0.3 is 0 Å². The Morgan fingerprint density at radius 3 is 2.73 bits per heavy atom. The number of hydrogen-bond donors (Lipinski definition) is 2. The van der Waals surface area contributed by atoms with Crippen LogP contribution < -0.4 is 10.0 Å². The van der Waals surface area contributed by atoms with Crippen molar-refractivity contribution in [3.05, 3.63) is 15.5 Å². The molecule has 11 nitrogen and oxygen atoms in total. The van der Waals surface area contributed by atoms with Crippen molar-refractivity contribution >= 4 is 54.8 Å². The highest BCUT2D eigenvalue weighted by Gasteiger charge is 2.57. The van der Waals surface area contributed by atoms with Crippen LogP contribution in [0, 0.1) is 5.92 Å². The summed E-state index contributed by atoms with van der Waals surface area (Å²) >= 11 is 6.98. The van der Waals surface area contributed by atoms with Crippen molar-refractivity contribution in [3.63, 3.8) is 0 Å². The maximum atomic E-state index is 12.6. The Morgan fingerprint density at radius 1 is 1.43 bits per heavy atom. The molecule has 1 aromatic heterocycles. The van der Waals surface area contributed by atoms with Gasteiger partial charge in [-0.05, 0) is 0 Å². The Hall–Kier alpha value is -1.32. The fraction of sp³-hybridized carbons (Fsp3) is 0.667.